The third-order valence-corrected chi connectivity index (χ3v) is 4.36. The Kier molecular flexibility index (Phi) is 5.82. The van der Waals surface area contributed by atoms with Gasteiger partial charge in [-0.05, 0) is 38.2 Å². The number of likely N-dealkylation sites (N-methyl/N-ethyl adjacent to an activating group) is 1. The largest absolute Gasteiger partial charge is 0.433 e. The van der Waals surface area contributed by atoms with E-state index in [1.807, 2.05) is 25.1 Å². The number of hydrogen-bond donors (Lipinski definition) is 1. The highest BCUT2D eigenvalue weighted by Gasteiger charge is 2.17. The molecule has 3 rings (SSSR count). The maximum Gasteiger partial charge on any atom is 0.387 e. The zero-order valence-corrected chi connectivity index (χ0v) is 15.0. The lowest BCUT2D eigenvalue weighted by Crippen LogP contribution is -2.44. The van der Waals surface area contributed by atoms with E-state index < -0.39 is 6.61 Å². The normalized spacial score (nSPS) is 15.3. The number of aromatic nitrogens is 2. The third-order valence-electron chi connectivity index (χ3n) is 4.36. The van der Waals surface area contributed by atoms with E-state index >= 15 is 0 Å². The molecule has 1 aliphatic rings. The van der Waals surface area contributed by atoms with Crippen LogP contribution in [0.2, 0.25) is 0 Å². The summed E-state index contributed by atoms with van der Waals surface area (Å²) in [5.74, 6) is 0.136. The Bertz CT molecular complexity index is 718. The van der Waals surface area contributed by atoms with Crippen LogP contribution in [0.4, 0.5) is 20.2 Å². The maximum absolute atomic E-state index is 12.8. The summed E-state index contributed by atoms with van der Waals surface area (Å²) in [6.45, 7) is 2.95. The zero-order valence-electron chi connectivity index (χ0n) is 15.0. The second kappa shape index (κ2) is 8.27. The highest BCUT2D eigenvalue weighted by Crippen LogP contribution is 2.32. The Hall–Kier alpha value is -2.48. The number of nitrogens with zero attached hydrogens (tertiary/aromatic N) is 4. The number of piperazine rings is 1. The van der Waals surface area contributed by atoms with Gasteiger partial charge in [0.15, 0.2) is 5.75 Å². The molecule has 1 aromatic heterocycles. The molecule has 0 amide bonds. The van der Waals surface area contributed by atoms with Gasteiger partial charge in [0.25, 0.3) is 0 Å². The van der Waals surface area contributed by atoms with Gasteiger partial charge in [-0.3, -0.25) is 0 Å². The fraction of sp³-hybridized carbons (Fsp3) is 0.444. The van der Waals surface area contributed by atoms with Crippen molar-refractivity contribution in [1.82, 2.24) is 15.1 Å². The van der Waals surface area contributed by atoms with E-state index in [1.165, 1.54) is 0 Å². The van der Waals surface area contributed by atoms with Gasteiger partial charge >= 0.3 is 6.61 Å². The molecule has 1 N–H and O–H groups in total. The summed E-state index contributed by atoms with van der Waals surface area (Å²) >= 11 is 0. The highest BCUT2D eigenvalue weighted by atomic mass is 19.3. The summed E-state index contributed by atoms with van der Waals surface area (Å²) < 4.78 is 30.4. The fourth-order valence-corrected chi connectivity index (χ4v) is 2.82. The SMILES string of the molecule is Cc1ccc(CNc2ccc(N3CCN(C)CC3)cc2OC(F)F)nn1. The van der Waals surface area contributed by atoms with Crippen LogP contribution in [0.5, 0.6) is 5.75 Å². The first-order valence-electron chi connectivity index (χ1n) is 8.57. The Morgan fingerprint density at radius 3 is 2.54 bits per heavy atom. The van der Waals surface area contributed by atoms with Crippen LogP contribution >= 0.6 is 0 Å². The minimum absolute atomic E-state index is 0.136. The van der Waals surface area contributed by atoms with Crippen molar-refractivity contribution in [3.05, 3.63) is 41.7 Å². The van der Waals surface area contributed by atoms with Crippen molar-refractivity contribution in [3.63, 3.8) is 0 Å². The molecule has 0 bridgehead atoms. The standard InChI is InChI=1S/C18H23F2N5O/c1-13-3-4-14(23-22-13)12-21-16-6-5-15(11-17(16)26-18(19)20)25-9-7-24(2)8-10-25/h3-6,11,18,21H,7-10,12H2,1-2H3. The van der Waals surface area contributed by atoms with E-state index in [1.54, 1.807) is 12.1 Å². The summed E-state index contributed by atoms with van der Waals surface area (Å²) in [5.41, 5.74) is 2.94. The molecule has 2 heterocycles. The number of halogens is 2. The Morgan fingerprint density at radius 1 is 1.12 bits per heavy atom. The van der Waals surface area contributed by atoms with Crippen molar-refractivity contribution in [1.29, 1.82) is 0 Å². The lowest BCUT2D eigenvalue weighted by Gasteiger charge is -2.34. The quantitative estimate of drug-likeness (QED) is 0.852. The summed E-state index contributed by atoms with van der Waals surface area (Å²) in [7, 11) is 2.07. The van der Waals surface area contributed by atoms with Crippen molar-refractivity contribution in [2.24, 2.45) is 0 Å². The lowest BCUT2D eigenvalue weighted by atomic mass is 10.2. The number of hydrogen-bond acceptors (Lipinski definition) is 6. The molecule has 2 aromatic rings. The number of ether oxygens (including phenoxy) is 1. The van der Waals surface area contributed by atoms with E-state index in [4.69, 9.17) is 4.74 Å². The number of rotatable bonds is 6. The van der Waals surface area contributed by atoms with Crippen LogP contribution < -0.4 is 15.0 Å². The van der Waals surface area contributed by atoms with Crippen molar-refractivity contribution in [3.8, 4) is 5.75 Å². The molecule has 1 aliphatic heterocycles. The van der Waals surface area contributed by atoms with Gasteiger partial charge in [-0.1, -0.05) is 0 Å². The predicted octanol–water partition coefficient (Wildman–Crippen LogP) is 2.75. The molecule has 0 saturated carbocycles. The van der Waals surface area contributed by atoms with Crippen molar-refractivity contribution >= 4 is 11.4 Å². The Labute approximate surface area is 151 Å². The molecule has 8 heteroatoms. The molecular formula is C18H23F2N5O. The molecule has 0 unspecified atom stereocenters. The molecule has 0 spiro atoms. The van der Waals surface area contributed by atoms with Crippen molar-refractivity contribution in [2.75, 3.05) is 43.4 Å². The van der Waals surface area contributed by atoms with Crippen LogP contribution in [-0.2, 0) is 6.54 Å². The van der Waals surface area contributed by atoms with Gasteiger partial charge in [0.2, 0.25) is 0 Å². The second-order valence-corrected chi connectivity index (χ2v) is 6.37. The first-order chi connectivity index (χ1) is 12.5. The maximum atomic E-state index is 12.8. The van der Waals surface area contributed by atoms with Gasteiger partial charge in [-0.2, -0.15) is 19.0 Å². The summed E-state index contributed by atoms with van der Waals surface area (Å²) in [4.78, 5) is 4.42. The Balaban J connectivity index is 1.74. The predicted molar refractivity (Wildman–Crippen MR) is 96.9 cm³/mol. The monoisotopic (exact) mass is 363 g/mol. The van der Waals surface area contributed by atoms with Crippen LogP contribution in [0.3, 0.4) is 0 Å². The lowest BCUT2D eigenvalue weighted by molar-refractivity contribution is -0.0493. The second-order valence-electron chi connectivity index (χ2n) is 6.37. The molecule has 1 aromatic carbocycles. The van der Waals surface area contributed by atoms with Gasteiger partial charge in [0.05, 0.1) is 23.6 Å². The summed E-state index contributed by atoms with van der Waals surface area (Å²) in [5, 5.41) is 11.2. The zero-order chi connectivity index (χ0) is 18.5. The minimum atomic E-state index is -2.88. The van der Waals surface area contributed by atoms with Gasteiger partial charge in [-0.25, -0.2) is 0 Å². The number of alkyl halides is 2. The molecule has 140 valence electrons. The molecule has 26 heavy (non-hydrogen) atoms. The first-order valence-corrected chi connectivity index (χ1v) is 8.57. The van der Waals surface area contributed by atoms with E-state index in [0.29, 0.717) is 12.2 Å². The molecule has 0 radical (unpaired) electrons. The Morgan fingerprint density at radius 2 is 1.88 bits per heavy atom. The molecule has 6 nitrogen and oxygen atoms in total. The number of anilines is 2. The fourth-order valence-electron chi connectivity index (χ4n) is 2.82. The molecule has 0 atom stereocenters. The number of nitrogens with one attached hydrogen (secondary N) is 1. The van der Waals surface area contributed by atoms with E-state index in [-0.39, 0.29) is 5.75 Å². The minimum Gasteiger partial charge on any atom is -0.433 e. The van der Waals surface area contributed by atoms with Crippen LogP contribution in [0.25, 0.3) is 0 Å². The number of aryl methyl sites for hydroxylation is 1. The van der Waals surface area contributed by atoms with Crippen molar-refractivity contribution < 1.29 is 13.5 Å². The van der Waals surface area contributed by atoms with E-state index in [9.17, 15) is 8.78 Å². The van der Waals surface area contributed by atoms with E-state index in [0.717, 1.165) is 43.3 Å². The van der Waals surface area contributed by atoms with E-state index in [2.05, 4.69) is 32.4 Å². The van der Waals surface area contributed by atoms with Crippen LogP contribution in [0.1, 0.15) is 11.4 Å². The first kappa shape index (κ1) is 18.3. The molecule has 0 aliphatic carbocycles. The average molecular weight is 363 g/mol. The van der Waals surface area contributed by atoms with Gasteiger partial charge in [0.1, 0.15) is 0 Å². The van der Waals surface area contributed by atoms with Gasteiger partial charge in [0, 0.05) is 37.9 Å². The smallest absolute Gasteiger partial charge is 0.387 e. The molecule has 1 fully saturated rings. The topological polar surface area (TPSA) is 53.5 Å². The summed E-state index contributed by atoms with van der Waals surface area (Å²) in [6, 6.07) is 9.07. The van der Waals surface area contributed by atoms with Crippen LogP contribution in [0.15, 0.2) is 30.3 Å². The molecular weight excluding hydrogens is 340 g/mol. The third kappa shape index (κ3) is 4.78. The van der Waals surface area contributed by atoms with Crippen LogP contribution in [0, 0.1) is 6.92 Å². The summed E-state index contributed by atoms with van der Waals surface area (Å²) in [6.07, 6.45) is 0. The van der Waals surface area contributed by atoms with Crippen molar-refractivity contribution in [2.45, 2.75) is 20.1 Å². The average Bonchev–Trinajstić information content (AvgIpc) is 2.62. The van der Waals surface area contributed by atoms with Gasteiger partial charge < -0.3 is 19.9 Å². The highest BCUT2D eigenvalue weighted by molar-refractivity contribution is 5.65. The van der Waals surface area contributed by atoms with Gasteiger partial charge in [-0.15, -0.1) is 0 Å². The molecule has 1 saturated heterocycles. The van der Waals surface area contributed by atoms with Crippen LogP contribution in [-0.4, -0.2) is 54.9 Å². The number of benzene rings is 1.